The van der Waals surface area contributed by atoms with Gasteiger partial charge in [0.15, 0.2) is 28.4 Å². The second-order valence-corrected chi connectivity index (χ2v) is 19.7. The Morgan fingerprint density at radius 3 is 2.28 bits per heavy atom. The van der Waals surface area contributed by atoms with Gasteiger partial charge in [-0.05, 0) is 46.3 Å². The second kappa shape index (κ2) is 12.3. The fourth-order valence-electron chi connectivity index (χ4n) is 8.59. The van der Waals surface area contributed by atoms with E-state index >= 15 is 0 Å². The van der Waals surface area contributed by atoms with Crippen LogP contribution in [0.1, 0.15) is 82.8 Å². The highest BCUT2D eigenvalue weighted by atomic mass is 28.4. The molecule has 0 saturated carbocycles. The summed E-state index contributed by atoms with van der Waals surface area (Å²) in [6.45, 7) is 15.2. The number of carbonyl (C=O) groups excluding carboxylic acids is 1. The quantitative estimate of drug-likeness (QED) is 0.0521. The number of esters is 1. The number of fused-ring (bicyclic) bond motifs is 9. The molecule has 50 heavy (non-hydrogen) atoms. The van der Waals surface area contributed by atoms with Crippen LogP contribution in [0.2, 0.25) is 16.6 Å². The van der Waals surface area contributed by atoms with Crippen LogP contribution in [0.15, 0.2) is 36.6 Å². The molecule has 11 nitrogen and oxygen atoms in total. The van der Waals surface area contributed by atoms with Crippen LogP contribution >= 0.6 is 0 Å². The Labute approximate surface area is 289 Å². The molecule has 264 valence electrons. The molecule has 0 unspecified atom stereocenters. The van der Waals surface area contributed by atoms with Crippen LogP contribution < -0.4 is 25.3 Å². The fourth-order valence-corrected chi connectivity index (χ4v) is 14.0. The number of benzene rings is 3. The lowest BCUT2D eigenvalue weighted by atomic mass is 9.90. The summed E-state index contributed by atoms with van der Waals surface area (Å²) in [6, 6.07) is 5.07. The van der Waals surface area contributed by atoms with Crippen molar-refractivity contribution in [1.29, 1.82) is 0 Å². The zero-order valence-corrected chi connectivity index (χ0v) is 30.6. The molecule has 2 aliphatic heterocycles. The Morgan fingerprint density at radius 2 is 1.62 bits per heavy atom. The van der Waals surface area contributed by atoms with Gasteiger partial charge in [-0.3, -0.25) is 4.79 Å². The normalized spacial score (nSPS) is 16.1. The molecule has 0 bridgehead atoms. The lowest BCUT2D eigenvalue weighted by molar-refractivity contribution is 0.0237. The van der Waals surface area contributed by atoms with E-state index in [1.54, 1.807) is 12.1 Å². The monoisotopic (exact) mass is 702 g/mol. The van der Waals surface area contributed by atoms with Crippen LogP contribution in [-0.2, 0) is 22.2 Å². The molecule has 2 aromatic heterocycles. The third-order valence-electron chi connectivity index (χ3n) is 10.6. The summed E-state index contributed by atoms with van der Waals surface area (Å²) in [4.78, 5) is 42.1. The second-order valence-electron chi connectivity index (χ2n) is 14.2. The van der Waals surface area contributed by atoms with Gasteiger partial charge in [0, 0.05) is 17.2 Å². The molecule has 0 radical (unpaired) electrons. The number of rotatable bonds is 9. The predicted molar refractivity (Wildman–Crippen MR) is 192 cm³/mol. The predicted octanol–water partition coefficient (Wildman–Crippen LogP) is 8.22. The molecule has 0 amide bonds. The number of hydrogen-bond donors (Lipinski definition) is 1. The SMILES string of the molecule is CCC[C@@H]1Cc2cc(CO[Si](C(C)C)(C(C)C)C(C)C)c3c(oc(=O)c4c(OC)c5oc6ccc7c(c6c(=O)c5c(O)c43)OCO7)c2C(=O)O1. The topological polar surface area (TPSA) is 144 Å². The molecule has 3 aromatic carbocycles. The van der Waals surface area contributed by atoms with Crippen molar-refractivity contribution in [1.82, 2.24) is 0 Å². The highest BCUT2D eigenvalue weighted by Crippen LogP contribution is 2.48. The number of phenols is 1. The maximum absolute atomic E-state index is 14.3. The first-order chi connectivity index (χ1) is 23.8. The lowest BCUT2D eigenvalue weighted by Gasteiger charge is -2.42. The van der Waals surface area contributed by atoms with E-state index < -0.39 is 31.1 Å². The summed E-state index contributed by atoms with van der Waals surface area (Å²) >= 11 is 0. The van der Waals surface area contributed by atoms with Crippen LogP contribution in [0.25, 0.3) is 43.7 Å². The van der Waals surface area contributed by atoms with E-state index in [9.17, 15) is 19.5 Å². The van der Waals surface area contributed by atoms with Crippen LogP contribution in [0.3, 0.4) is 0 Å². The summed E-state index contributed by atoms with van der Waals surface area (Å²) in [5.74, 6) is -0.674. The van der Waals surface area contributed by atoms with E-state index in [1.165, 1.54) is 7.11 Å². The van der Waals surface area contributed by atoms with Crippen molar-refractivity contribution in [3.8, 4) is 23.0 Å². The van der Waals surface area contributed by atoms with Gasteiger partial charge in [0.2, 0.25) is 20.5 Å². The highest BCUT2D eigenvalue weighted by molar-refractivity contribution is 6.77. The Morgan fingerprint density at radius 1 is 0.900 bits per heavy atom. The van der Waals surface area contributed by atoms with Crippen molar-refractivity contribution in [3.63, 3.8) is 0 Å². The minimum absolute atomic E-state index is 0.00668. The summed E-state index contributed by atoms with van der Waals surface area (Å²) in [6.07, 6.45) is 1.58. The van der Waals surface area contributed by atoms with Gasteiger partial charge in [-0.15, -0.1) is 0 Å². The van der Waals surface area contributed by atoms with E-state index in [0.29, 0.717) is 29.7 Å². The highest BCUT2D eigenvalue weighted by Gasteiger charge is 2.45. The molecule has 0 spiro atoms. The Bertz CT molecular complexity index is 2310. The van der Waals surface area contributed by atoms with Crippen molar-refractivity contribution < 1.29 is 42.1 Å². The summed E-state index contributed by atoms with van der Waals surface area (Å²) in [5, 5.41) is 12.2. The van der Waals surface area contributed by atoms with Crippen LogP contribution in [0, 0.1) is 0 Å². The van der Waals surface area contributed by atoms with E-state index in [2.05, 4.69) is 41.5 Å². The smallest absolute Gasteiger partial charge is 0.348 e. The van der Waals surface area contributed by atoms with E-state index in [-0.39, 0.29) is 96.9 Å². The van der Waals surface area contributed by atoms with E-state index in [0.717, 1.165) is 6.42 Å². The number of hydrogen-bond acceptors (Lipinski definition) is 11. The first-order valence-electron chi connectivity index (χ1n) is 17.2. The molecule has 0 fully saturated rings. The van der Waals surface area contributed by atoms with Crippen molar-refractivity contribution in [3.05, 3.63) is 55.5 Å². The molecule has 1 N–H and O–H groups in total. The number of methoxy groups -OCH3 is 1. The van der Waals surface area contributed by atoms with Crippen molar-refractivity contribution in [2.75, 3.05) is 13.9 Å². The average molecular weight is 703 g/mol. The number of ether oxygens (including phenoxy) is 4. The fraction of sp³-hybridized carbons (Fsp3) is 0.447. The van der Waals surface area contributed by atoms with Crippen molar-refractivity contribution >= 4 is 58.0 Å². The third-order valence-corrected chi connectivity index (χ3v) is 16.6. The van der Waals surface area contributed by atoms with Crippen molar-refractivity contribution in [2.45, 2.75) is 97.1 Å². The number of phenolic OH excluding ortho intramolecular Hbond substituents is 1. The lowest BCUT2D eigenvalue weighted by Crippen LogP contribution is -2.47. The number of aromatic hydroxyl groups is 1. The molecule has 4 heterocycles. The molecular weight excluding hydrogens is 660 g/mol. The minimum atomic E-state index is -2.44. The van der Waals surface area contributed by atoms with Gasteiger partial charge < -0.3 is 37.3 Å². The van der Waals surface area contributed by atoms with Crippen molar-refractivity contribution in [2.24, 2.45) is 0 Å². The Kier molecular flexibility index (Phi) is 8.37. The molecule has 1 atom stereocenters. The first-order valence-corrected chi connectivity index (χ1v) is 19.4. The summed E-state index contributed by atoms with van der Waals surface area (Å²) in [7, 11) is -1.10. The zero-order valence-electron chi connectivity index (χ0n) is 29.6. The van der Waals surface area contributed by atoms with Crippen LogP contribution in [0.4, 0.5) is 0 Å². The van der Waals surface area contributed by atoms with Gasteiger partial charge in [0.25, 0.3) is 0 Å². The van der Waals surface area contributed by atoms with Crippen LogP contribution in [-0.4, -0.2) is 39.4 Å². The molecule has 7 rings (SSSR count). The summed E-state index contributed by atoms with van der Waals surface area (Å²) < 4.78 is 42.0. The molecule has 2 aliphatic rings. The molecular formula is C38H42O11Si. The van der Waals surface area contributed by atoms with Gasteiger partial charge in [-0.2, -0.15) is 0 Å². The largest absolute Gasteiger partial charge is 0.506 e. The number of carbonyl (C=O) groups is 1. The van der Waals surface area contributed by atoms with E-state index in [1.807, 2.05) is 13.0 Å². The van der Waals surface area contributed by atoms with Crippen LogP contribution in [0.5, 0.6) is 23.0 Å². The van der Waals surface area contributed by atoms with Gasteiger partial charge >= 0.3 is 11.6 Å². The van der Waals surface area contributed by atoms with Gasteiger partial charge in [0.1, 0.15) is 39.2 Å². The minimum Gasteiger partial charge on any atom is -0.506 e. The maximum atomic E-state index is 14.3. The molecule has 0 aliphatic carbocycles. The first kappa shape index (κ1) is 33.9. The maximum Gasteiger partial charge on any atom is 0.348 e. The van der Waals surface area contributed by atoms with E-state index in [4.69, 9.17) is 32.2 Å². The van der Waals surface area contributed by atoms with Gasteiger partial charge in [0.05, 0.1) is 13.7 Å². The zero-order chi connectivity index (χ0) is 35.8. The molecule has 5 aromatic rings. The Hall–Kier alpha value is -4.55. The molecule has 12 heteroatoms. The van der Waals surface area contributed by atoms with Gasteiger partial charge in [-0.1, -0.05) is 61.0 Å². The summed E-state index contributed by atoms with van der Waals surface area (Å²) in [5.41, 5.74) is 0.699. The number of cyclic esters (lactones) is 1. The molecule has 0 saturated heterocycles. The Balaban J connectivity index is 1.63. The average Bonchev–Trinajstić information content (AvgIpc) is 3.53. The standard InChI is InChI=1S/C38H42O11Si/c1-9-10-22-14-20-13-21(15-46-50(17(2)3,18(4)5)19(6)7)25-28-29(38(42)49-34(25)26(20)37(41)47-22)35(43-8)36-30(32(28)40)31(39)27-23(48-36)11-12-24-33(27)45-16-44-24/h11-13,17-19,22,40H,9-10,14-16H2,1-8H3/t22-/m1/s1. The van der Waals surface area contributed by atoms with Gasteiger partial charge in [-0.25, -0.2) is 9.59 Å². The third kappa shape index (κ3) is 4.82.